The number of halogens is 1. The minimum Gasteiger partial charge on any atom is -0.494 e. The van der Waals surface area contributed by atoms with Gasteiger partial charge in [-0.25, -0.2) is 0 Å². The molecule has 0 radical (unpaired) electrons. The summed E-state index contributed by atoms with van der Waals surface area (Å²) in [5, 5.41) is -0.0551. The summed E-state index contributed by atoms with van der Waals surface area (Å²) < 4.78 is 11.2. The number of nitrogen functional groups attached to an aromatic ring is 1. The zero-order valence-corrected chi connectivity index (χ0v) is 13.6. The molecule has 112 valence electrons. The molecule has 4 heteroatoms. The summed E-state index contributed by atoms with van der Waals surface area (Å²) in [4.78, 5) is 0. The molecule has 0 aliphatic heterocycles. The average molecular weight is 350 g/mol. The summed E-state index contributed by atoms with van der Waals surface area (Å²) in [5.41, 5.74) is 7.69. The van der Waals surface area contributed by atoms with E-state index in [1.165, 1.54) is 5.56 Å². The van der Waals surface area contributed by atoms with Crippen molar-refractivity contribution in [3.63, 3.8) is 0 Å². The van der Waals surface area contributed by atoms with Crippen LogP contribution in [0.4, 0.5) is 5.69 Å². The van der Waals surface area contributed by atoms with E-state index >= 15 is 0 Å². The number of para-hydroxylation sites is 1. The maximum Gasteiger partial charge on any atom is 0.119 e. The maximum absolute atomic E-state index is 5.78. The highest BCUT2D eigenvalue weighted by Crippen LogP contribution is 2.29. The molecule has 2 unspecified atom stereocenters. The van der Waals surface area contributed by atoms with Crippen LogP contribution in [-0.4, -0.2) is 18.7 Å². The molecule has 0 saturated carbocycles. The van der Waals surface area contributed by atoms with Crippen LogP contribution in [0.25, 0.3) is 0 Å². The monoisotopic (exact) mass is 349 g/mol. The molecule has 0 aliphatic carbocycles. The Labute approximate surface area is 134 Å². The Kier molecular flexibility index (Phi) is 6.08. The third kappa shape index (κ3) is 4.76. The van der Waals surface area contributed by atoms with Crippen molar-refractivity contribution in [2.75, 3.05) is 19.5 Å². The molecule has 2 aromatic carbocycles. The van der Waals surface area contributed by atoms with Gasteiger partial charge in [0.05, 0.1) is 6.61 Å². The summed E-state index contributed by atoms with van der Waals surface area (Å²) in [7, 11) is 1.70. The average Bonchev–Trinajstić information content (AvgIpc) is 2.53. The highest BCUT2D eigenvalue weighted by atomic mass is 79.9. The van der Waals surface area contributed by atoms with Crippen molar-refractivity contribution >= 4 is 21.6 Å². The van der Waals surface area contributed by atoms with Gasteiger partial charge in [0.25, 0.3) is 0 Å². The number of nitrogens with two attached hydrogens (primary N) is 1. The third-order valence-electron chi connectivity index (χ3n) is 3.35. The molecule has 2 aromatic rings. The highest BCUT2D eigenvalue weighted by Gasteiger charge is 2.20. The van der Waals surface area contributed by atoms with Crippen LogP contribution in [-0.2, 0) is 4.74 Å². The first-order valence-electron chi connectivity index (χ1n) is 6.91. The van der Waals surface area contributed by atoms with Gasteiger partial charge in [-0.2, -0.15) is 0 Å². The molecule has 0 spiro atoms. The smallest absolute Gasteiger partial charge is 0.119 e. The first kappa shape index (κ1) is 15.9. The Morgan fingerprint density at radius 2 is 1.71 bits per heavy atom. The standard InChI is InChI=1S/C17H20BrNO2/c1-20-17(18)16(13-7-9-14(19)10-8-13)11-12-21-15-5-3-2-4-6-15/h2-10,16-17H,11-12,19H2,1H3. The Hall–Kier alpha value is -1.52. The predicted octanol–water partition coefficient (Wildman–Crippen LogP) is 4.19. The van der Waals surface area contributed by atoms with Crippen molar-refractivity contribution in [1.29, 1.82) is 0 Å². The van der Waals surface area contributed by atoms with E-state index in [2.05, 4.69) is 15.9 Å². The normalized spacial score (nSPS) is 13.6. The molecule has 0 aliphatic rings. The van der Waals surface area contributed by atoms with Gasteiger partial charge in [-0.05, 0) is 36.2 Å². The van der Waals surface area contributed by atoms with E-state index in [0.29, 0.717) is 6.61 Å². The van der Waals surface area contributed by atoms with Crippen LogP contribution in [0.1, 0.15) is 17.9 Å². The quantitative estimate of drug-likeness (QED) is 0.602. The second-order valence-electron chi connectivity index (χ2n) is 4.81. The van der Waals surface area contributed by atoms with Gasteiger partial charge in [-0.1, -0.05) is 46.3 Å². The Bertz CT molecular complexity index is 530. The molecule has 0 heterocycles. The van der Waals surface area contributed by atoms with E-state index in [9.17, 15) is 0 Å². The third-order valence-corrected chi connectivity index (χ3v) is 4.36. The molecule has 0 fully saturated rings. The largest absolute Gasteiger partial charge is 0.494 e. The maximum atomic E-state index is 5.78. The van der Waals surface area contributed by atoms with Crippen LogP contribution in [0.2, 0.25) is 0 Å². The molecule has 2 rings (SSSR count). The fraction of sp³-hybridized carbons (Fsp3) is 0.294. The molecule has 2 N–H and O–H groups in total. The van der Waals surface area contributed by atoms with Crippen molar-refractivity contribution in [2.45, 2.75) is 17.4 Å². The lowest BCUT2D eigenvalue weighted by atomic mass is 9.96. The van der Waals surface area contributed by atoms with E-state index in [1.54, 1.807) is 7.11 Å². The molecular weight excluding hydrogens is 330 g/mol. The van der Waals surface area contributed by atoms with Crippen LogP contribution in [0.3, 0.4) is 0 Å². The van der Waals surface area contributed by atoms with Crippen LogP contribution < -0.4 is 10.5 Å². The summed E-state index contributed by atoms with van der Waals surface area (Å²) in [5.74, 6) is 1.09. The van der Waals surface area contributed by atoms with Crippen LogP contribution in [0, 0.1) is 0 Å². The predicted molar refractivity (Wildman–Crippen MR) is 89.9 cm³/mol. The Morgan fingerprint density at radius 3 is 2.33 bits per heavy atom. The lowest BCUT2D eigenvalue weighted by Gasteiger charge is -2.22. The Balaban J connectivity index is 1.98. The molecule has 0 bridgehead atoms. The molecule has 2 atom stereocenters. The van der Waals surface area contributed by atoms with Crippen molar-refractivity contribution in [1.82, 2.24) is 0 Å². The van der Waals surface area contributed by atoms with Crippen LogP contribution in [0.5, 0.6) is 5.75 Å². The van der Waals surface area contributed by atoms with E-state index < -0.39 is 0 Å². The van der Waals surface area contributed by atoms with Crippen molar-refractivity contribution in [2.24, 2.45) is 0 Å². The van der Waals surface area contributed by atoms with Crippen molar-refractivity contribution < 1.29 is 9.47 Å². The second kappa shape index (κ2) is 8.05. The van der Waals surface area contributed by atoms with Crippen molar-refractivity contribution in [3.05, 3.63) is 60.2 Å². The van der Waals surface area contributed by atoms with Gasteiger partial charge in [-0.3, -0.25) is 0 Å². The van der Waals surface area contributed by atoms with Gasteiger partial charge in [0.1, 0.15) is 10.8 Å². The SMILES string of the molecule is COC(Br)C(CCOc1ccccc1)c1ccc(N)cc1. The van der Waals surface area contributed by atoms with E-state index in [-0.39, 0.29) is 10.9 Å². The zero-order chi connectivity index (χ0) is 15.1. The number of hydrogen-bond donors (Lipinski definition) is 1. The molecular formula is C17H20BrNO2. The lowest BCUT2D eigenvalue weighted by Crippen LogP contribution is -2.17. The summed E-state index contributed by atoms with van der Waals surface area (Å²) in [6.45, 7) is 0.629. The number of benzene rings is 2. The van der Waals surface area contributed by atoms with E-state index in [1.807, 2.05) is 54.6 Å². The molecule has 0 aromatic heterocycles. The summed E-state index contributed by atoms with van der Waals surface area (Å²) in [6.07, 6.45) is 0.850. The van der Waals surface area contributed by atoms with Gasteiger partial charge in [0.2, 0.25) is 0 Å². The number of hydrogen-bond acceptors (Lipinski definition) is 3. The Morgan fingerprint density at radius 1 is 1.05 bits per heavy atom. The first-order chi connectivity index (χ1) is 10.2. The van der Waals surface area contributed by atoms with Gasteiger partial charge >= 0.3 is 0 Å². The van der Waals surface area contributed by atoms with E-state index in [0.717, 1.165) is 17.9 Å². The first-order valence-corrected chi connectivity index (χ1v) is 7.82. The molecule has 3 nitrogen and oxygen atoms in total. The molecule has 0 amide bonds. The number of alkyl halides is 1. The van der Waals surface area contributed by atoms with E-state index in [4.69, 9.17) is 15.2 Å². The topological polar surface area (TPSA) is 44.5 Å². The zero-order valence-electron chi connectivity index (χ0n) is 12.0. The minimum atomic E-state index is -0.0551. The minimum absolute atomic E-state index is 0.0551. The van der Waals surface area contributed by atoms with Gasteiger partial charge in [0, 0.05) is 18.7 Å². The number of methoxy groups -OCH3 is 1. The van der Waals surface area contributed by atoms with Gasteiger partial charge < -0.3 is 15.2 Å². The van der Waals surface area contributed by atoms with Crippen LogP contribution in [0.15, 0.2) is 54.6 Å². The van der Waals surface area contributed by atoms with Crippen LogP contribution >= 0.6 is 15.9 Å². The molecule has 0 saturated heterocycles. The number of anilines is 1. The number of ether oxygens (including phenoxy) is 2. The lowest BCUT2D eigenvalue weighted by molar-refractivity contribution is 0.143. The summed E-state index contributed by atoms with van der Waals surface area (Å²) >= 11 is 3.58. The fourth-order valence-electron chi connectivity index (χ4n) is 2.18. The summed E-state index contributed by atoms with van der Waals surface area (Å²) in [6, 6.07) is 17.7. The fourth-order valence-corrected chi connectivity index (χ4v) is 2.75. The second-order valence-corrected chi connectivity index (χ2v) is 5.71. The highest BCUT2D eigenvalue weighted by molar-refractivity contribution is 9.09. The van der Waals surface area contributed by atoms with Gasteiger partial charge in [0.15, 0.2) is 0 Å². The van der Waals surface area contributed by atoms with Gasteiger partial charge in [-0.15, -0.1) is 0 Å². The molecule has 21 heavy (non-hydrogen) atoms. The number of rotatable bonds is 7. The van der Waals surface area contributed by atoms with Crippen molar-refractivity contribution in [3.8, 4) is 5.75 Å².